The first kappa shape index (κ1) is 11.5. The third kappa shape index (κ3) is 2.95. The highest BCUT2D eigenvalue weighted by Crippen LogP contribution is 2.07. The number of carbonyl (C=O) groups is 1. The number of aryl methyl sites for hydroxylation is 1. The van der Waals surface area contributed by atoms with Crippen molar-refractivity contribution >= 4 is 11.6 Å². The van der Waals surface area contributed by atoms with Crippen molar-refractivity contribution in [2.75, 3.05) is 19.5 Å². The number of methoxy groups -OCH3 is 1. The van der Waals surface area contributed by atoms with Crippen LogP contribution in [0.1, 0.15) is 17.4 Å². The molecule has 0 aliphatic heterocycles. The molecule has 0 spiro atoms. The van der Waals surface area contributed by atoms with Crippen LogP contribution in [0.5, 0.6) is 0 Å². The first-order valence-electron chi connectivity index (χ1n) is 4.63. The molecule has 0 aliphatic carbocycles. The quantitative estimate of drug-likeness (QED) is 0.722. The largest absolute Gasteiger partial charge is 0.396 e. The van der Waals surface area contributed by atoms with Gasteiger partial charge in [0.05, 0.1) is 12.3 Å². The van der Waals surface area contributed by atoms with Gasteiger partial charge >= 0.3 is 0 Å². The maximum absolute atomic E-state index is 11.6. The molecule has 6 nitrogen and oxygen atoms in total. The third-order valence-electron chi connectivity index (χ3n) is 1.87. The predicted molar refractivity (Wildman–Crippen MR) is 56.4 cm³/mol. The van der Waals surface area contributed by atoms with Crippen LogP contribution in [-0.4, -0.2) is 35.4 Å². The van der Waals surface area contributed by atoms with Gasteiger partial charge in [0.2, 0.25) is 0 Å². The molecule has 1 heterocycles. The van der Waals surface area contributed by atoms with Crippen molar-refractivity contribution in [3.63, 3.8) is 0 Å². The summed E-state index contributed by atoms with van der Waals surface area (Å²) in [5, 5.41) is 6.69. The number of aromatic nitrogens is 2. The van der Waals surface area contributed by atoms with Crippen molar-refractivity contribution in [1.29, 1.82) is 0 Å². The maximum Gasteiger partial charge on any atom is 0.274 e. The average Bonchev–Trinajstić information content (AvgIpc) is 2.45. The molecule has 0 radical (unpaired) electrons. The highest BCUT2D eigenvalue weighted by Gasteiger charge is 2.15. The number of carbonyl (C=O) groups excluding carboxylic acids is 1. The van der Waals surface area contributed by atoms with Crippen molar-refractivity contribution in [1.82, 2.24) is 15.1 Å². The lowest BCUT2D eigenvalue weighted by molar-refractivity contribution is 0.0901. The van der Waals surface area contributed by atoms with Gasteiger partial charge in [-0.3, -0.25) is 9.48 Å². The van der Waals surface area contributed by atoms with E-state index < -0.39 is 0 Å². The smallest absolute Gasteiger partial charge is 0.274 e. The normalized spacial score (nSPS) is 12.5. The Morgan fingerprint density at radius 3 is 2.93 bits per heavy atom. The third-order valence-corrected chi connectivity index (χ3v) is 1.87. The van der Waals surface area contributed by atoms with E-state index >= 15 is 0 Å². The zero-order valence-electron chi connectivity index (χ0n) is 9.15. The van der Waals surface area contributed by atoms with E-state index in [9.17, 15) is 4.79 Å². The number of nitrogen functional groups attached to an aromatic ring is 1. The maximum atomic E-state index is 11.6. The molecule has 0 saturated carbocycles. The second-order valence-electron chi connectivity index (χ2n) is 3.44. The Kier molecular flexibility index (Phi) is 3.68. The van der Waals surface area contributed by atoms with Crippen LogP contribution >= 0.6 is 0 Å². The van der Waals surface area contributed by atoms with Gasteiger partial charge in [0.1, 0.15) is 0 Å². The van der Waals surface area contributed by atoms with E-state index in [0.29, 0.717) is 12.3 Å². The Morgan fingerprint density at radius 2 is 2.47 bits per heavy atom. The molecule has 6 heteroatoms. The summed E-state index contributed by atoms with van der Waals surface area (Å²) < 4.78 is 6.41. The number of nitrogens with zero attached hydrogens (tertiary/aromatic N) is 2. The molecule has 0 bridgehead atoms. The zero-order chi connectivity index (χ0) is 11.4. The molecule has 0 aliphatic rings. The zero-order valence-corrected chi connectivity index (χ0v) is 9.15. The Balaban J connectivity index is 2.65. The van der Waals surface area contributed by atoms with Crippen molar-refractivity contribution in [2.24, 2.45) is 7.05 Å². The fourth-order valence-electron chi connectivity index (χ4n) is 1.27. The lowest BCUT2D eigenvalue weighted by atomic mass is 10.3. The standard InChI is InChI=1S/C9H16N4O2/c1-6(5-15-3)11-9(14)8-7(10)4-13(2)12-8/h4,6H,5,10H2,1-3H3,(H,11,14). The molecule has 1 atom stereocenters. The van der Waals surface area contributed by atoms with Crippen LogP contribution in [0.4, 0.5) is 5.69 Å². The Hall–Kier alpha value is -1.56. The van der Waals surface area contributed by atoms with Crippen LogP contribution in [0.2, 0.25) is 0 Å². The monoisotopic (exact) mass is 212 g/mol. The summed E-state index contributed by atoms with van der Waals surface area (Å²) in [4.78, 5) is 11.6. The first-order chi connectivity index (χ1) is 7.04. The number of amides is 1. The number of hydrogen-bond donors (Lipinski definition) is 2. The van der Waals surface area contributed by atoms with Crippen molar-refractivity contribution in [3.8, 4) is 0 Å². The number of ether oxygens (including phenoxy) is 1. The van der Waals surface area contributed by atoms with Crippen molar-refractivity contribution in [3.05, 3.63) is 11.9 Å². The van der Waals surface area contributed by atoms with Crippen molar-refractivity contribution < 1.29 is 9.53 Å². The van der Waals surface area contributed by atoms with Crippen molar-refractivity contribution in [2.45, 2.75) is 13.0 Å². The van der Waals surface area contributed by atoms with Crippen LogP contribution in [0.3, 0.4) is 0 Å². The van der Waals surface area contributed by atoms with Gasteiger partial charge in [0.15, 0.2) is 5.69 Å². The Labute approximate surface area is 88.4 Å². The summed E-state index contributed by atoms with van der Waals surface area (Å²) in [7, 11) is 3.30. The molecule has 1 rings (SSSR count). The van der Waals surface area contributed by atoms with E-state index in [0.717, 1.165) is 0 Å². The molecule has 15 heavy (non-hydrogen) atoms. The fraction of sp³-hybridized carbons (Fsp3) is 0.556. The molecule has 1 aromatic heterocycles. The van der Waals surface area contributed by atoms with Crippen LogP contribution < -0.4 is 11.1 Å². The Morgan fingerprint density at radius 1 is 1.80 bits per heavy atom. The minimum absolute atomic E-state index is 0.0658. The summed E-state index contributed by atoms with van der Waals surface area (Å²) in [6.07, 6.45) is 1.59. The molecule has 84 valence electrons. The lowest BCUT2D eigenvalue weighted by Gasteiger charge is -2.11. The number of nitrogens with two attached hydrogens (primary N) is 1. The van der Waals surface area contributed by atoms with E-state index in [1.54, 1.807) is 20.4 Å². The molecule has 0 fully saturated rings. The SMILES string of the molecule is COCC(C)NC(=O)c1nn(C)cc1N. The van der Waals surface area contributed by atoms with Crippen LogP contribution in [0.25, 0.3) is 0 Å². The fourth-order valence-corrected chi connectivity index (χ4v) is 1.27. The van der Waals surface area contributed by atoms with Crippen LogP contribution in [0, 0.1) is 0 Å². The minimum Gasteiger partial charge on any atom is -0.396 e. The summed E-state index contributed by atoms with van der Waals surface area (Å²) in [6.45, 7) is 2.30. The Bertz CT molecular complexity index is 348. The van der Waals surface area contributed by atoms with E-state index in [-0.39, 0.29) is 17.6 Å². The second-order valence-corrected chi connectivity index (χ2v) is 3.44. The molecule has 1 aromatic rings. The van der Waals surface area contributed by atoms with E-state index in [1.807, 2.05) is 6.92 Å². The van der Waals surface area contributed by atoms with Crippen LogP contribution in [0.15, 0.2) is 6.20 Å². The summed E-state index contributed by atoms with van der Waals surface area (Å²) in [5.41, 5.74) is 6.24. The number of anilines is 1. The summed E-state index contributed by atoms with van der Waals surface area (Å²) in [6, 6.07) is -0.0658. The summed E-state index contributed by atoms with van der Waals surface area (Å²) in [5.74, 6) is -0.280. The van der Waals surface area contributed by atoms with Gasteiger partial charge < -0.3 is 15.8 Å². The molecule has 1 unspecified atom stereocenters. The van der Waals surface area contributed by atoms with E-state index in [1.165, 1.54) is 4.68 Å². The molecular formula is C9H16N4O2. The van der Waals surface area contributed by atoms with Crippen LogP contribution in [-0.2, 0) is 11.8 Å². The van der Waals surface area contributed by atoms with Gasteiger partial charge in [-0.1, -0.05) is 0 Å². The molecular weight excluding hydrogens is 196 g/mol. The number of rotatable bonds is 4. The van der Waals surface area contributed by atoms with E-state index in [4.69, 9.17) is 10.5 Å². The molecule has 3 N–H and O–H groups in total. The van der Waals surface area contributed by atoms with Gasteiger partial charge in [-0.25, -0.2) is 0 Å². The number of nitrogens with one attached hydrogen (secondary N) is 1. The second kappa shape index (κ2) is 4.79. The highest BCUT2D eigenvalue weighted by molar-refractivity contribution is 5.97. The van der Waals surface area contributed by atoms with Gasteiger partial charge in [-0.05, 0) is 6.92 Å². The average molecular weight is 212 g/mol. The van der Waals surface area contributed by atoms with Gasteiger partial charge in [0.25, 0.3) is 5.91 Å². The van der Waals surface area contributed by atoms with Gasteiger partial charge in [0, 0.05) is 26.4 Å². The van der Waals surface area contributed by atoms with Gasteiger partial charge in [-0.15, -0.1) is 0 Å². The van der Waals surface area contributed by atoms with E-state index in [2.05, 4.69) is 10.4 Å². The molecule has 0 aromatic carbocycles. The predicted octanol–water partition coefficient (Wildman–Crippen LogP) is -0.233. The topological polar surface area (TPSA) is 82.2 Å². The number of hydrogen-bond acceptors (Lipinski definition) is 4. The molecule has 0 saturated heterocycles. The minimum atomic E-state index is -0.280. The molecule has 1 amide bonds. The highest BCUT2D eigenvalue weighted by atomic mass is 16.5. The van der Waals surface area contributed by atoms with Gasteiger partial charge in [-0.2, -0.15) is 5.10 Å². The first-order valence-corrected chi connectivity index (χ1v) is 4.63. The lowest BCUT2D eigenvalue weighted by Crippen LogP contribution is -2.36. The summed E-state index contributed by atoms with van der Waals surface area (Å²) >= 11 is 0.